The van der Waals surface area contributed by atoms with Crippen molar-refractivity contribution in [2.24, 2.45) is 0 Å². The number of ether oxygens (including phenoxy) is 3. The van der Waals surface area contributed by atoms with Crippen LogP contribution in [-0.4, -0.2) is 19.2 Å². The summed E-state index contributed by atoms with van der Waals surface area (Å²) in [6, 6.07) is 11.1. The predicted molar refractivity (Wildman–Crippen MR) is 89.9 cm³/mol. The fourth-order valence-electron chi connectivity index (χ4n) is 1.82. The number of nitriles is 1. The maximum absolute atomic E-state index is 12.2. The van der Waals surface area contributed by atoms with Crippen molar-refractivity contribution in [2.75, 3.05) is 7.11 Å². The maximum Gasteiger partial charge on any atom is 0.352 e. The molecular weight excluding hydrogens is 353 g/mol. The second-order valence-corrected chi connectivity index (χ2v) is 5.58. The second-order valence-electron chi connectivity index (χ2n) is 4.73. The SMILES string of the molecule is COc1cc(C#N)ccc1OC(=O)C(C)Oc1ccc(Cl)cc1Cl. The Morgan fingerprint density at radius 3 is 2.46 bits per heavy atom. The monoisotopic (exact) mass is 365 g/mol. The highest BCUT2D eigenvalue weighted by Gasteiger charge is 2.20. The van der Waals surface area contributed by atoms with E-state index in [1.54, 1.807) is 12.1 Å². The van der Waals surface area contributed by atoms with Crippen molar-refractivity contribution in [3.63, 3.8) is 0 Å². The van der Waals surface area contributed by atoms with Gasteiger partial charge in [-0.15, -0.1) is 0 Å². The zero-order chi connectivity index (χ0) is 17.7. The van der Waals surface area contributed by atoms with E-state index in [2.05, 4.69) is 0 Å². The van der Waals surface area contributed by atoms with Crippen molar-refractivity contribution in [1.29, 1.82) is 5.26 Å². The van der Waals surface area contributed by atoms with Crippen molar-refractivity contribution < 1.29 is 19.0 Å². The zero-order valence-electron chi connectivity index (χ0n) is 12.9. The van der Waals surface area contributed by atoms with Crippen LogP contribution in [0.25, 0.3) is 0 Å². The molecule has 5 nitrogen and oxygen atoms in total. The Labute approximate surface area is 149 Å². The molecule has 0 aliphatic rings. The van der Waals surface area contributed by atoms with Gasteiger partial charge in [-0.1, -0.05) is 23.2 Å². The lowest BCUT2D eigenvalue weighted by Crippen LogP contribution is -2.28. The topological polar surface area (TPSA) is 68.5 Å². The number of hydrogen-bond donors (Lipinski definition) is 0. The van der Waals surface area contributed by atoms with E-state index in [4.69, 9.17) is 42.7 Å². The summed E-state index contributed by atoms with van der Waals surface area (Å²) < 4.78 is 15.9. The van der Waals surface area contributed by atoms with E-state index in [0.29, 0.717) is 16.3 Å². The Balaban J connectivity index is 2.10. The summed E-state index contributed by atoms with van der Waals surface area (Å²) in [6.07, 6.45) is -0.913. The molecule has 0 spiro atoms. The third-order valence-corrected chi connectivity index (χ3v) is 3.56. The molecule has 0 bridgehead atoms. The van der Waals surface area contributed by atoms with Gasteiger partial charge in [-0.2, -0.15) is 5.26 Å². The van der Waals surface area contributed by atoms with Gasteiger partial charge in [0.2, 0.25) is 0 Å². The highest BCUT2D eigenvalue weighted by molar-refractivity contribution is 6.35. The van der Waals surface area contributed by atoms with Crippen LogP contribution in [0.1, 0.15) is 12.5 Å². The summed E-state index contributed by atoms with van der Waals surface area (Å²) >= 11 is 11.8. The van der Waals surface area contributed by atoms with Gasteiger partial charge >= 0.3 is 5.97 Å². The average molecular weight is 366 g/mol. The van der Waals surface area contributed by atoms with Gasteiger partial charge in [-0.05, 0) is 37.3 Å². The van der Waals surface area contributed by atoms with Crippen LogP contribution in [0.2, 0.25) is 10.0 Å². The molecule has 2 rings (SSSR count). The molecule has 0 radical (unpaired) electrons. The number of benzene rings is 2. The highest BCUT2D eigenvalue weighted by atomic mass is 35.5. The van der Waals surface area contributed by atoms with Gasteiger partial charge in [0.25, 0.3) is 0 Å². The molecule has 0 aliphatic heterocycles. The van der Waals surface area contributed by atoms with Crippen molar-refractivity contribution in [1.82, 2.24) is 0 Å². The van der Waals surface area contributed by atoms with Crippen LogP contribution in [-0.2, 0) is 4.79 Å². The lowest BCUT2D eigenvalue weighted by molar-refractivity contribution is -0.141. The first-order valence-electron chi connectivity index (χ1n) is 6.86. The van der Waals surface area contributed by atoms with Crippen molar-refractivity contribution in [3.8, 4) is 23.3 Å². The van der Waals surface area contributed by atoms with Crippen molar-refractivity contribution >= 4 is 29.2 Å². The Kier molecular flexibility index (Phi) is 5.91. The quantitative estimate of drug-likeness (QED) is 0.585. The number of hydrogen-bond acceptors (Lipinski definition) is 5. The molecular formula is C17H13Cl2NO4. The first kappa shape index (κ1) is 17.9. The van der Waals surface area contributed by atoms with E-state index in [-0.39, 0.29) is 16.5 Å². The Morgan fingerprint density at radius 1 is 1.12 bits per heavy atom. The molecule has 0 N–H and O–H groups in total. The Hall–Kier alpha value is -2.42. The maximum atomic E-state index is 12.2. The predicted octanol–water partition coefficient (Wildman–Crippen LogP) is 4.25. The number of methoxy groups -OCH3 is 1. The largest absolute Gasteiger partial charge is 0.493 e. The van der Waals surface area contributed by atoms with E-state index >= 15 is 0 Å². The molecule has 0 aromatic heterocycles. The van der Waals surface area contributed by atoms with Gasteiger partial charge in [-0.3, -0.25) is 0 Å². The van der Waals surface area contributed by atoms with Gasteiger partial charge in [0.05, 0.1) is 23.8 Å². The van der Waals surface area contributed by atoms with Crippen LogP contribution < -0.4 is 14.2 Å². The molecule has 0 fully saturated rings. The first-order valence-corrected chi connectivity index (χ1v) is 7.61. The van der Waals surface area contributed by atoms with Crippen LogP contribution in [0.4, 0.5) is 0 Å². The van der Waals surface area contributed by atoms with E-state index in [1.165, 1.54) is 38.3 Å². The van der Waals surface area contributed by atoms with E-state index in [1.807, 2.05) is 6.07 Å². The van der Waals surface area contributed by atoms with E-state index < -0.39 is 12.1 Å². The molecule has 0 saturated carbocycles. The number of esters is 1. The van der Waals surface area contributed by atoms with Crippen LogP contribution in [0.3, 0.4) is 0 Å². The Morgan fingerprint density at radius 2 is 1.83 bits per heavy atom. The van der Waals surface area contributed by atoms with E-state index in [0.717, 1.165) is 0 Å². The number of carbonyl (C=O) groups excluding carboxylic acids is 1. The number of carbonyl (C=O) groups is 1. The zero-order valence-corrected chi connectivity index (χ0v) is 14.4. The first-order chi connectivity index (χ1) is 11.4. The smallest absolute Gasteiger partial charge is 0.352 e. The molecule has 2 aromatic carbocycles. The molecule has 2 aromatic rings. The molecule has 1 atom stereocenters. The van der Waals surface area contributed by atoms with Crippen LogP contribution in [0.5, 0.6) is 17.2 Å². The van der Waals surface area contributed by atoms with Crippen LogP contribution >= 0.6 is 23.2 Å². The minimum absolute atomic E-state index is 0.194. The molecule has 0 amide bonds. The molecule has 1 unspecified atom stereocenters. The standard InChI is InChI=1S/C17H13Cl2NO4/c1-10(23-14-6-4-12(18)8-13(14)19)17(21)24-15-5-3-11(9-20)7-16(15)22-2/h3-8,10H,1-2H3. The average Bonchev–Trinajstić information content (AvgIpc) is 2.57. The van der Waals surface area contributed by atoms with Gasteiger partial charge < -0.3 is 14.2 Å². The van der Waals surface area contributed by atoms with Gasteiger partial charge in [-0.25, -0.2) is 4.79 Å². The highest BCUT2D eigenvalue weighted by Crippen LogP contribution is 2.30. The van der Waals surface area contributed by atoms with Gasteiger partial charge in [0, 0.05) is 11.1 Å². The Bertz CT molecular complexity index is 802. The minimum atomic E-state index is -0.913. The molecule has 24 heavy (non-hydrogen) atoms. The lowest BCUT2D eigenvalue weighted by Gasteiger charge is -2.16. The van der Waals surface area contributed by atoms with Crippen molar-refractivity contribution in [3.05, 3.63) is 52.0 Å². The summed E-state index contributed by atoms with van der Waals surface area (Å²) in [5.41, 5.74) is 0.392. The molecule has 7 heteroatoms. The molecule has 0 heterocycles. The third-order valence-electron chi connectivity index (χ3n) is 3.03. The molecule has 124 valence electrons. The van der Waals surface area contributed by atoms with Crippen molar-refractivity contribution in [2.45, 2.75) is 13.0 Å². The lowest BCUT2D eigenvalue weighted by atomic mass is 10.2. The summed E-state index contributed by atoms with van der Waals surface area (Å²) in [5.74, 6) is 0.152. The summed E-state index contributed by atoms with van der Waals surface area (Å²) in [5, 5.41) is 9.63. The van der Waals surface area contributed by atoms with E-state index in [9.17, 15) is 4.79 Å². The van der Waals surface area contributed by atoms with Crippen LogP contribution in [0, 0.1) is 11.3 Å². The van der Waals surface area contributed by atoms with Crippen LogP contribution in [0.15, 0.2) is 36.4 Å². The summed E-state index contributed by atoms with van der Waals surface area (Å²) in [6.45, 7) is 1.53. The number of nitrogens with zero attached hydrogens (tertiary/aromatic N) is 1. The van der Waals surface area contributed by atoms with Gasteiger partial charge in [0.15, 0.2) is 17.6 Å². The molecule has 0 saturated heterocycles. The number of rotatable bonds is 5. The third kappa shape index (κ3) is 4.31. The summed E-state index contributed by atoms with van der Waals surface area (Å²) in [4.78, 5) is 12.2. The summed E-state index contributed by atoms with van der Waals surface area (Å²) in [7, 11) is 1.42. The minimum Gasteiger partial charge on any atom is -0.493 e. The fourth-order valence-corrected chi connectivity index (χ4v) is 2.28. The molecule has 0 aliphatic carbocycles. The second kappa shape index (κ2) is 7.91. The fraction of sp³-hybridized carbons (Fsp3) is 0.176. The van der Waals surface area contributed by atoms with Gasteiger partial charge in [0.1, 0.15) is 5.75 Å². The number of halogens is 2. The normalized spacial score (nSPS) is 11.3.